The highest BCUT2D eigenvalue weighted by molar-refractivity contribution is 7.73. The zero-order valence-electron chi connectivity index (χ0n) is 13.0. The molecule has 122 valence electrons. The number of benzene rings is 2. The summed E-state index contributed by atoms with van der Waals surface area (Å²) < 4.78 is 18.6. The quantitative estimate of drug-likeness (QED) is 0.723. The normalized spacial score (nSPS) is 25.1. The molecule has 0 bridgehead atoms. The molecule has 1 aliphatic heterocycles. The second-order valence-corrected chi connectivity index (χ2v) is 8.49. The molecule has 4 N–H and O–H groups in total. The SMILES string of the molecule is CC1(C)Oc2ccc(P(=O)(O)c3ccccc3)cc2C(N)C1O. The third-order valence-electron chi connectivity index (χ3n) is 4.23. The van der Waals surface area contributed by atoms with E-state index in [4.69, 9.17) is 10.5 Å². The first-order valence-corrected chi connectivity index (χ1v) is 9.05. The standard InChI is InChI=1S/C17H20NO4P/c1-17(2)16(19)15(18)13-10-12(8-9-14(13)22-17)23(20,21)11-6-4-3-5-7-11/h3-10,15-16,19H,18H2,1-2H3,(H,20,21). The van der Waals surface area contributed by atoms with Crippen molar-refractivity contribution in [1.82, 2.24) is 0 Å². The molecule has 0 aromatic heterocycles. The van der Waals surface area contributed by atoms with Gasteiger partial charge in [0.1, 0.15) is 17.5 Å². The number of hydrogen-bond acceptors (Lipinski definition) is 4. The van der Waals surface area contributed by atoms with Gasteiger partial charge in [0.2, 0.25) is 0 Å². The molecule has 0 aliphatic carbocycles. The fourth-order valence-electron chi connectivity index (χ4n) is 2.80. The van der Waals surface area contributed by atoms with Crippen LogP contribution in [0.1, 0.15) is 25.5 Å². The smallest absolute Gasteiger partial charge is 0.258 e. The van der Waals surface area contributed by atoms with E-state index < -0.39 is 25.1 Å². The van der Waals surface area contributed by atoms with Crippen LogP contribution in [-0.2, 0) is 4.57 Å². The van der Waals surface area contributed by atoms with E-state index in [0.717, 1.165) is 0 Å². The van der Waals surface area contributed by atoms with Gasteiger partial charge >= 0.3 is 0 Å². The van der Waals surface area contributed by atoms with Crippen LogP contribution in [0.5, 0.6) is 5.75 Å². The monoisotopic (exact) mass is 333 g/mol. The van der Waals surface area contributed by atoms with E-state index >= 15 is 0 Å². The van der Waals surface area contributed by atoms with Gasteiger partial charge in [0, 0.05) is 16.2 Å². The second-order valence-electron chi connectivity index (χ2n) is 6.31. The van der Waals surface area contributed by atoms with Gasteiger partial charge in [-0.2, -0.15) is 0 Å². The number of aliphatic hydroxyl groups is 1. The second kappa shape index (κ2) is 5.46. The molecule has 0 radical (unpaired) electrons. The van der Waals surface area contributed by atoms with Crippen molar-refractivity contribution in [1.29, 1.82) is 0 Å². The van der Waals surface area contributed by atoms with E-state index in [0.29, 0.717) is 16.6 Å². The molecule has 3 unspecified atom stereocenters. The number of aliphatic hydroxyl groups excluding tert-OH is 1. The number of ether oxygens (including phenoxy) is 1. The largest absolute Gasteiger partial charge is 0.485 e. The zero-order chi connectivity index (χ0) is 16.8. The van der Waals surface area contributed by atoms with Crippen molar-refractivity contribution in [3.8, 4) is 5.75 Å². The van der Waals surface area contributed by atoms with Gasteiger partial charge in [0.05, 0.1) is 6.04 Å². The van der Waals surface area contributed by atoms with Gasteiger partial charge in [-0.1, -0.05) is 18.2 Å². The van der Waals surface area contributed by atoms with Crippen LogP contribution in [0.2, 0.25) is 0 Å². The summed E-state index contributed by atoms with van der Waals surface area (Å²) in [5.41, 5.74) is 5.85. The van der Waals surface area contributed by atoms with Gasteiger partial charge in [-0.05, 0) is 44.2 Å². The molecule has 2 aromatic rings. The average molecular weight is 333 g/mol. The molecule has 1 heterocycles. The first-order valence-electron chi connectivity index (χ1n) is 7.39. The van der Waals surface area contributed by atoms with Crippen LogP contribution in [0.3, 0.4) is 0 Å². The molecule has 0 saturated heterocycles. The minimum absolute atomic E-state index is 0.272. The van der Waals surface area contributed by atoms with E-state index in [1.165, 1.54) is 0 Å². The van der Waals surface area contributed by atoms with Crippen molar-refractivity contribution in [2.24, 2.45) is 5.73 Å². The Labute approximate surface area is 135 Å². The molecule has 3 atom stereocenters. The molecule has 1 aliphatic rings. The predicted molar refractivity (Wildman–Crippen MR) is 89.6 cm³/mol. The Bertz CT molecular complexity index is 775. The van der Waals surface area contributed by atoms with Crippen LogP contribution in [0, 0.1) is 0 Å². The van der Waals surface area contributed by atoms with Crippen LogP contribution >= 0.6 is 7.37 Å². The molecule has 0 spiro atoms. The molecule has 6 heteroatoms. The van der Waals surface area contributed by atoms with Crippen LogP contribution in [0.4, 0.5) is 0 Å². The van der Waals surface area contributed by atoms with Gasteiger partial charge in [-0.3, -0.25) is 4.57 Å². The molecule has 23 heavy (non-hydrogen) atoms. The Morgan fingerprint density at radius 2 is 1.78 bits per heavy atom. The average Bonchev–Trinajstić information content (AvgIpc) is 2.53. The first kappa shape index (κ1) is 16.2. The van der Waals surface area contributed by atoms with Gasteiger partial charge in [0.15, 0.2) is 0 Å². The summed E-state index contributed by atoms with van der Waals surface area (Å²) in [7, 11) is -3.71. The lowest BCUT2D eigenvalue weighted by Crippen LogP contribution is -2.51. The van der Waals surface area contributed by atoms with E-state index in [-0.39, 0.29) is 5.30 Å². The Balaban J connectivity index is 2.07. The number of hydrogen-bond donors (Lipinski definition) is 3. The van der Waals surface area contributed by atoms with Gasteiger partial charge < -0.3 is 20.5 Å². The highest BCUT2D eigenvalue weighted by Gasteiger charge is 2.41. The van der Waals surface area contributed by atoms with Crippen LogP contribution < -0.4 is 21.1 Å². The first-order chi connectivity index (χ1) is 10.7. The summed E-state index contributed by atoms with van der Waals surface area (Å²) in [6, 6.07) is 12.6. The molecular weight excluding hydrogens is 313 g/mol. The third kappa shape index (κ3) is 2.70. The Hall–Kier alpha value is -1.65. The minimum atomic E-state index is -3.71. The van der Waals surface area contributed by atoms with Gasteiger partial charge in [-0.15, -0.1) is 0 Å². The van der Waals surface area contributed by atoms with E-state index in [1.54, 1.807) is 62.4 Å². The summed E-state index contributed by atoms with van der Waals surface area (Å²) in [4.78, 5) is 10.5. The third-order valence-corrected chi connectivity index (χ3v) is 6.21. The lowest BCUT2D eigenvalue weighted by Gasteiger charge is -2.40. The van der Waals surface area contributed by atoms with Crippen molar-refractivity contribution in [2.75, 3.05) is 0 Å². The maximum atomic E-state index is 12.8. The summed E-state index contributed by atoms with van der Waals surface area (Å²) in [6.07, 6.45) is -0.903. The highest BCUT2D eigenvalue weighted by atomic mass is 31.2. The van der Waals surface area contributed by atoms with E-state index in [1.807, 2.05) is 0 Å². The van der Waals surface area contributed by atoms with Crippen molar-refractivity contribution >= 4 is 18.0 Å². The minimum Gasteiger partial charge on any atom is -0.485 e. The molecule has 3 rings (SSSR count). The summed E-state index contributed by atoms with van der Waals surface area (Å²) in [5.74, 6) is 0.532. The van der Waals surface area contributed by atoms with Crippen molar-refractivity contribution in [3.05, 3.63) is 54.1 Å². The highest BCUT2D eigenvalue weighted by Crippen LogP contribution is 2.43. The maximum Gasteiger partial charge on any atom is 0.258 e. The Morgan fingerprint density at radius 1 is 1.13 bits per heavy atom. The van der Waals surface area contributed by atoms with Gasteiger partial charge in [0.25, 0.3) is 7.37 Å². The van der Waals surface area contributed by atoms with E-state index in [2.05, 4.69) is 0 Å². The molecule has 0 saturated carbocycles. The number of fused-ring (bicyclic) bond motifs is 1. The number of nitrogens with two attached hydrogens (primary N) is 1. The molecule has 5 nitrogen and oxygen atoms in total. The van der Waals surface area contributed by atoms with Crippen molar-refractivity contribution in [3.63, 3.8) is 0 Å². The predicted octanol–water partition coefficient (Wildman–Crippen LogP) is 1.44. The molecule has 0 fully saturated rings. The van der Waals surface area contributed by atoms with E-state index in [9.17, 15) is 14.6 Å². The fourth-order valence-corrected chi connectivity index (χ4v) is 4.27. The lowest BCUT2D eigenvalue weighted by molar-refractivity contribution is -0.0571. The Kier molecular flexibility index (Phi) is 3.85. The zero-order valence-corrected chi connectivity index (χ0v) is 13.9. The summed E-state index contributed by atoms with van der Waals surface area (Å²) >= 11 is 0. The van der Waals surface area contributed by atoms with Crippen LogP contribution in [0.15, 0.2) is 48.5 Å². The number of rotatable bonds is 2. The Morgan fingerprint density at radius 3 is 2.43 bits per heavy atom. The lowest BCUT2D eigenvalue weighted by atomic mass is 9.87. The van der Waals surface area contributed by atoms with Crippen LogP contribution in [0.25, 0.3) is 0 Å². The maximum absolute atomic E-state index is 12.8. The van der Waals surface area contributed by atoms with Gasteiger partial charge in [-0.25, -0.2) is 0 Å². The fraction of sp³-hybridized carbons (Fsp3) is 0.294. The van der Waals surface area contributed by atoms with Crippen molar-refractivity contribution in [2.45, 2.75) is 31.6 Å². The van der Waals surface area contributed by atoms with Crippen molar-refractivity contribution < 1.29 is 19.3 Å². The van der Waals surface area contributed by atoms with Crippen LogP contribution in [-0.4, -0.2) is 21.7 Å². The molecular formula is C17H20NO4P. The molecule has 2 aromatic carbocycles. The topological polar surface area (TPSA) is 92.8 Å². The summed E-state index contributed by atoms with van der Waals surface area (Å²) in [6.45, 7) is 3.52. The summed E-state index contributed by atoms with van der Waals surface area (Å²) in [5, 5.41) is 10.9. The molecule has 0 amide bonds.